The SMILES string of the molecule is CC(C)NC(=O)c1cc(N(Cc2ccccc2)S(=O)(=O)c2ccccc2C#N)ccc1F. The third-order valence-electron chi connectivity index (χ3n) is 4.65. The minimum absolute atomic E-state index is 0.00884. The Hall–Kier alpha value is -3.70. The molecule has 0 aromatic heterocycles. The molecule has 0 aliphatic rings. The number of halogens is 1. The zero-order valence-corrected chi connectivity index (χ0v) is 18.4. The lowest BCUT2D eigenvalue weighted by Crippen LogP contribution is -2.33. The molecular formula is C24H22FN3O3S. The van der Waals surface area contributed by atoms with Gasteiger partial charge in [0.15, 0.2) is 0 Å². The van der Waals surface area contributed by atoms with Crippen molar-refractivity contribution in [2.75, 3.05) is 4.31 Å². The number of nitrogens with zero attached hydrogens (tertiary/aromatic N) is 2. The third kappa shape index (κ3) is 4.95. The van der Waals surface area contributed by atoms with Crippen LogP contribution in [0.2, 0.25) is 0 Å². The Morgan fingerprint density at radius 3 is 2.38 bits per heavy atom. The first-order valence-electron chi connectivity index (χ1n) is 9.90. The van der Waals surface area contributed by atoms with Gasteiger partial charge in [-0.05, 0) is 49.7 Å². The van der Waals surface area contributed by atoms with Gasteiger partial charge in [-0.3, -0.25) is 9.10 Å². The van der Waals surface area contributed by atoms with E-state index in [9.17, 15) is 22.9 Å². The highest BCUT2D eigenvalue weighted by Gasteiger charge is 2.29. The van der Waals surface area contributed by atoms with E-state index >= 15 is 0 Å². The van der Waals surface area contributed by atoms with Crippen LogP contribution in [0, 0.1) is 17.1 Å². The highest BCUT2D eigenvalue weighted by molar-refractivity contribution is 7.92. The molecule has 3 aromatic carbocycles. The first kappa shape index (κ1) is 23.0. The van der Waals surface area contributed by atoms with Gasteiger partial charge < -0.3 is 5.32 Å². The molecule has 6 nitrogen and oxygen atoms in total. The molecule has 0 saturated carbocycles. The van der Waals surface area contributed by atoms with Crippen LogP contribution < -0.4 is 9.62 Å². The molecule has 32 heavy (non-hydrogen) atoms. The summed E-state index contributed by atoms with van der Waals surface area (Å²) in [6.45, 7) is 3.41. The van der Waals surface area contributed by atoms with Crippen molar-refractivity contribution in [2.45, 2.75) is 31.3 Å². The molecule has 0 radical (unpaired) electrons. The van der Waals surface area contributed by atoms with Crippen molar-refractivity contribution in [2.24, 2.45) is 0 Å². The van der Waals surface area contributed by atoms with Gasteiger partial charge in [0.05, 0.1) is 23.4 Å². The van der Waals surface area contributed by atoms with Crippen molar-refractivity contribution >= 4 is 21.6 Å². The van der Waals surface area contributed by atoms with Gasteiger partial charge in [0.25, 0.3) is 15.9 Å². The second-order valence-electron chi connectivity index (χ2n) is 7.40. The summed E-state index contributed by atoms with van der Waals surface area (Å²) in [5.74, 6) is -1.41. The van der Waals surface area contributed by atoms with Crippen LogP contribution in [0.15, 0.2) is 77.7 Å². The summed E-state index contributed by atoms with van der Waals surface area (Å²) in [5, 5.41) is 12.0. The Labute approximate surface area is 187 Å². The van der Waals surface area contributed by atoms with Gasteiger partial charge in [-0.2, -0.15) is 5.26 Å². The van der Waals surface area contributed by atoms with E-state index in [0.29, 0.717) is 5.56 Å². The van der Waals surface area contributed by atoms with Crippen molar-refractivity contribution in [1.29, 1.82) is 5.26 Å². The van der Waals surface area contributed by atoms with E-state index in [2.05, 4.69) is 5.32 Å². The molecule has 0 aliphatic heterocycles. The number of anilines is 1. The quantitative estimate of drug-likeness (QED) is 0.582. The predicted molar refractivity (Wildman–Crippen MR) is 120 cm³/mol. The number of nitriles is 1. The number of hydrogen-bond acceptors (Lipinski definition) is 4. The van der Waals surface area contributed by atoms with Gasteiger partial charge in [-0.15, -0.1) is 0 Å². The lowest BCUT2D eigenvalue weighted by molar-refractivity contribution is 0.0939. The molecule has 0 unspecified atom stereocenters. The Morgan fingerprint density at radius 2 is 1.72 bits per heavy atom. The van der Waals surface area contributed by atoms with Crippen LogP contribution in [0.1, 0.15) is 35.3 Å². The van der Waals surface area contributed by atoms with Crippen molar-refractivity contribution < 1.29 is 17.6 Å². The van der Waals surface area contributed by atoms with Crippen LogP contribution >= 0.6 is 0 Å². The maximum atomic E-state index is 14.4. The van der Waals surface area contributed by atoms with Crippen LogP contribution in [-0.4, -0.2) is 20.4 Å². The lowest BCUT2D eigenvalue weighted by Gasteiger charge is -2.26. The standard InChI is InChI=1S/C24H22FN3O3S/c1-17(2)27-24(29)21-14-20(12-13-22(21)25)28(16-18-8-4-3-5-9-18)32(30,31)23-11-7-6-10-19(23)15-26/h3-14,17H,16H2,1-2H3,(H,27,29). The van der Waals surface area contributed by atoms with Crippen LogP contribution in [0.25, 0.3) is 0 Å². The Kier molecular flexibility index (Phi) is 6.91. The monoisotopic (exact) mass is 451 g/mol. The topological polar surface area (TPSA) is 90.3 Å². The Morgan fingerprint density at radius 1 is 1.06 bits per heavy atom. The number of hydrogen-bond donors (Lipinski definition) is 1. The smallest absolute Gasteiger partial charge is 0.265 e. The average molecular weight is 452 g/mol. The van der Waals surface area contributed by atoms with E-state index in [1.165, 1.54) is 30.3 Å². The zero-order valence-electron chi connectivity index (χ0n) is 17.6. The Bertz CT molecular complexity index is 1270. The van der Waals surface area contributed by atoms with Crippen LogP contribution in [0.4, 0.5) is 10.1 Å². The van der Waals surface area contributed by atoms with Gasteiger partial charge in [0.2, 0.25) is 0 Å². The van der Waals surface area contributed by atoms with E-state index in [0.717, 1.165) is 10.4 Å². The normalized spacial score (nSPS) is 11.1. The molecule has 1 N–H and O–H groups in total. The molecule has 3 aromatic rings. The molecule has 0 saturated heterocycles. The summed E-state index contributed by atoms with van der Waals surface area (Å²) in [6, 6.07) is 20.0. The van der Waals surface area contributed by atoms with E-state index in [1.807, 2.05) is 6.07 Å². The molecule has 164 valence electrons. The molecule has 8 heteroatoms. The number of benzene rings is 3. The van der Waals surface area contributed by atoms with Crippen LogP contribution in [0.3, 0.4) is 0 Å². The first-order chi connectivity index (χ1) is 15.2. The highest BCUT2D eigenvalue weighted by atomic mass is 32.2. The molecule has 0 aliphatic carbocycles. The summed E-state index contributed by atoms with van der Waals surface area (Å²) < 4.78 is 42.8. The molecule has 1 amide bonds. The summed E-state index contributed by atoms with van der Waals surface area (Å²) in [6.07, 6.45) is 0. The maximum absolute atomic E-state index is 14.4. The number of carbonyl (C=O) groups is 1. The fraction of sp³-hybridized carbons (Fsp3) is 0.167. The van der Waals surface area contributed by atoms with Crippen LogP contribution in [-0.2, 0) is 16.6 Å². The zero-order chi connectivity index (χ0) is 23.3. The van der Waals surface area contributed by atoms with Crippen molar-refractivity contribution in [3.8, 4) is 6.07 Å². The van der Waals surface area contributed by atoms with E-state index < -0.39 is 21.7 Å². The van der Waals surface area contributed by atoms with Crippen molar-refractivity contribution in [3.63, 3.8) is 0 Å². The molecule has 0 heterocycles. The van der Waals surface area contributed by atoms with Gasteiger partial charge in [0, 0.05) is 6.04 Å². The van der Waals surface area contributed by atoms with Gasteiger partial charge in [-0.25, -0.2) is 12.8 Å². The summed E-state index contributed by atoms with van der Waals surface area (Å²) in [4.78, 5) is 12.3. The molecule has 0 fully saturated rings. The minimum Gasteiger partial charge on any atom is -0.350 e. The fourth-order valence-electron chi connectivity index (χ4n) is 3.15. The highest BCUT2D eigenvalue weighted by Crippen LogP contribution is 2.29. The third-order valence-corrected chi connectivity index (χ3v) is 6.48. The molecule has 0 atom stereocenters. The fourth-order valence-corrected chi connectivity index (χ4v) is 4.74. The minimum atomic E-state index is -4.22. The second-order valence-corrected chi connectivity index (χ2v) is 9.23. The molecular weight excluding hydrogens is 429 g/mol. The summed E-state index contributed by atoms with van der Waals surface area (Å²) in [5.41, 5.74) is 0.517. The largest absolute Gasteiger partial charge is 0.350 e. The van der Waals surface area contributed by atoms with E-state index in [-0.39, 0.29) is 34.3 Å². The van der Waals surface area contributed by atoms with E-state index in [4.69, 9.17) is 0 Å². The summed E-state index contributed by atoms with van der Waals surface area (Å²) >= 11 is 0. The Balaban J connectivity index is 2.16. The first-order valence-corrected chi connectivity index (χ1v) is 11.3. The van der Waals surface area contributed by atoms with Gasteiger partial charge in [-0.1, -0.05) is 42.5 Å². The second kappa shape index (κ2) is 9.62. The number of nitrogens with one attached hydrogen (secondary N) is 1. The van der Waals surface area contributed by atoms with Crippen LogP contribution in [0.5, 0.6) is 0 Å². The number of carbonyl (C=O) groups excluding carboxylic acids is 1. The molecule has 3 rings (SSSR count). The van der Waals surface area contributed by atoms with Gasteiger partial charge in [0.1, 0.15) is 16.8 Å². The predicted octanol–water partition coefficient (Wildman–Crippen LogP) is 4.23. The van der Waals surface area contributed by atoms with Crippen molar-refractivity contribution in [1.82, 2.24) is 5.32 Å². The summed E-state index contributed by atoms with van der Waals surface area (Å²) in [7, 11) is -4.22. The number of amides is 1. The molecule has 0 spiro atoms. The number of sulfonamides is 1. The molecule has 0 bridgehead atoms. The lowest BCUT2D eigenvalue weighted by atomic mass is 10.1. The van der Waals surface area contributed by atoms with Gasteiger partial charge >= 0.3 is 0 Å². The average Bonchev–Trinajstić information content (AvgIpc) is 2.78. The van der Waals surface area contributed by atoms with Crippen molar-refractivity contribution in [3.05, 3.63) is 95.3 Å². The maximum Gasteiger partial charge on any atom is 0.265 e. The van der Waals surface area contributed by atoms with E-state index in [1.54, 1.807) is 50.2 Å². The number of rotatable bonds is 7.